The maximum atomic E-state index is 12.9. The number of aliphatic hydroxyl groups excluding tert-OH is 5. The number of aliphatic carboxylic acids is 1. The lowest BCUT2D eigenvalue weighted by Gasteiger charge is -2.46. The summed E-state index contributed by atoms with van der Waals surface area (Å²) < 4.78 is 34.1. The van der Waals surface area contributed by atoms with Gasteiger partial charge in [-0.25, -0.2) is 18.7 Å². The number of hydrogen-bond donors (Lipinski definition) is 10. The summed E-state index contributed by atoms with van der Waals surface area (Å²) in [6, 6.07) is -0.267. The van der Waals surface area contributed by atoms with E-state index in [0.717, 1.165) is 17.7 Å². The Labute approximate surface area is 237 Å². The molecule has 0 aliphatic carbocycles. The first-order valence-corrected chi connectivity index (χ1v) is 13.9. The zero-order chi connectivity index (χ0) is 31.6. The van der Waals surface area contributed by atoms with Gasteiger partial charge in [-0.05, 0) is 13.1 Å². The molecule has 0 spiro atoms. The van der Waals surface area contributed by atoms with Crippen molar-refractivity contribution in [3.8, 4) is 0 Å². The molecular formula is C21H34N5O15P. The van der Waals surface area contributed by atoms with Crippen molar-refractivity contribution in [2.24, 2.45) is 0 Å². The summed E-state index contributed by atoms with van der Waals surface area (Å²) in [6.45, 7) is -0.159. The number of amides is 1. The van der Waals surface area contributed by atoms with E-state index in [9.17, 15) is 54.5 Å². The van der Waals surface area contributed by atoms with Crippen LogP contribution in [-0.2, 0) is 32.7 Å². The number of nitrogens with zero attached hydrogens (tertiary/aromatic N) is 2. The van der Waals surface area contributed by atoms with Gasteiger partial charge in [-0.15, -0.1) is 0 Å². The number of likely N-dealkylation sites (N-methyl/N-ethyl adjacent to an activating group) is 1. The minimum absolute atomic E-state index is 0.125. The van der Waals surface area contributed by atoms with Crippen molar-refractivity contribution in [3.05, 3.63) is 22.7 Å². The Morgan fingerprint density at radius 1 is 1.31 bits per heavy atom. The van der Waals surface area contributed by atoms with Gasteiger partial charge in [0.05, 0.1) is 24.9 Å². The van der Waals surface area contributed by atoms with Gasteiger partial charge in [0.1, 0.15) is 36.3 Å². The summed E-state index contributed by atoms with van der Waals surface area (Å²) >= 11 is 0. The number of nitrogens with one attached hydrogen (secondary N) is 2. The third-order valence-electron chi connectivity index (χ3n) is 6.54. The van der Waals surface area contributed by atoms with E-state index in [1.165, 1.54) is 13.1 Å². The van der Waals surface area contributed by atoms with Crippen LogP contribution in [0.3, 0.4) is 0 Å². The average molecular weight is 627 g/mol. The molecule has 11 atom stereocenters. The molecule has 1 amide bonds. The van der Waals surface area contributed by atoms with Crippen LogP contribution in [0.2, 0.25) is 0 Å². The number of phosphoric ester groups is 1. The normalized spacial score (nSPS) is 34.3. The summed E-state index contributed by atoms with van der Waals surface area (Å²) in [5.41, 5.74) is 4.49. The molecule has 3 heterocycles. The Hall–Kier alpha value is -2.59. The molecule has 2 aliphatic rings. The lowest BCUT2D eigenvalue weighted by Crippen LogP contribution is -2.67. The summed E-state index contributed by atoms with van der Waals surface area (Å²) in [7, 11) is -4.06. The zero-order valence-corrected chi connectivity index (χ0v) is 23.2. The first kappa shape index (κ1) is 33.9. The van der Waals surface area contributed by atoms with Crippen molar-refractivity contribution in [1.29, 1.82) is 0 Å². The quantitative estimate of drug-likeness (QED) is 0.0969. The molecule has 238 valence electrons. The number of carbonyl (C=O) groups excluding carboxylic acids is 1. The van der Waals surface area contributed by atoms with Crippen molar-refractivity contribution < 1.29 is 68.2 Å². The SMILES string of the molecule is CNCC(O)C(O)C1OC(OP(=O)(O)OCC2OC(n3ccc(N)nc3=O)C(O)C2O)(C(=O)O)CC(O)C1NC(C)=O. The number of anilines is 1. The highest BCUT2D eigenvalue weighted by Crippen LogP contribution is 2.51. The largest absolute Gasteiger partial charge is 0.477 e. The van der Waals surface area contributed by atoms with Gasteiger partial charge in [-0.1, -0.05) is 0 Å². The van der Waals surface area contributed by atoms with Gasteiger partial charge in [-0.3, -0.25) is 13.9 Å². The van der Waals surface area contributed by atoms with E-state index in [-0.39, 0.29) is 12.4 Å². The molecule has 2 fully saturated rings. The molecule has 0 radical (unpaired) electrons. The Bertz CT molecular complexity index is 1240. The summed E-state index contributed by atoms with van der Waals surface area (Å²) in [6.07, 6.45) is -13.8. The monoisotopic (exact) mass is 627 g/mol. The van der Waals surface area contributed by atoms with E-state index in [0.29, 0.717) is 0 Å². The van der Waals surface area contributed by atoms with Crippen LogP contribution in [0.1, 0.15) is 19.6 Å². The van der Waals surface area contributed by atoms with E-state index in [2.05, 4.69) is 15.6 Å². The van der Waals surface area contributed by atoms with Crippen LogP contribution in [-0.4, -0.2) is 132 Å². The van der Waals surface area contributed by atoms with Crippen LogP contribution < -0.4 is 22.1 Å². The maximum absolute atomic E-state index is 12.9. The van der Waals surface area contributed by atoms with Crippen LogP contribution in [0.5, 0.6) is 0 Å². The molecule has 2 saturated heterocycles. The molecule has 1 aromatic rings. The van der Waals surface area contributed by atoms with Crippen LogP contribution in [0.15, 0.2) is 17.1 Å². The summed E-state index contributed by atoms with van der Waals surface area (Å²) in [5.74, 6) is -6.02. The maximum Gasteiger partial charge on any atom is 0.475 e. The van der Waals surface area contributed by atoms with Crippen molar-refractivity contribution in [2.45, 2.75) is 74.1 Å². The number of ether oxygens (including phenoxy) is 2. The molecule has 0 saturated carbocycles. The zero-order valence-electron chi connectivity index (χ0n) is 22.3. The third-order valence-corrected chi connectivity index (χ3v) is 7.54. The van der Waals surface area contributed by atoms with Crippen LogP contribution in [0, 0.1) is 0 Å². The minimum atomic E-state index is -5.48. The van der Waals surface area contributed by atoms with Gasteiger partial charge >= 0.3 is 19.5 Å². The van der Waals surface area contributed by atoms with E-state index in [1.54, 1.807) is 0 Å². The molecule has 0 bridgehead atoms. The van der Waals surface area contributed by atoms with Gasteiger partial charge in [-0.2, -0.15) is 4.98 Å². The standard InChI is InChI=1S/C21H34N5O15P/c1-8(27)24-13-9(28)5-21(19(33)34,40-17(13)14(30)10(29)6-23-2)41-42(36,37)38-7-11-15(31)16(32)18(39-11)26-4-3-12(22)25-20(26)35/h3-4,9-11,13-18,23,28-32H,5-7H2,1-2H3,(H,24,27)(H,33,34)(H,36,37)(H2,22,25,35). The molecule has 0 aromatic carbocycles. The smallest absolute Gasteiger partial charge is 0.475 e. The van der Waals surface area contributed by atoms with E-state index < -0.39 is 99.2 Å². The number of nitrogen functional groups attached to an aromatic ring is 1. The molecule has 42 heavy (non-hydrogen) atoms. The predicted molar refractivity (Wildman–Crippen MR) is 135 cm³/mol. The number of nitrogens with two attached hydrogens (primary N) is 1. The molecule has 2 aliphatic heterocycles. The number of carboxylic acid groups (broad SMARTS) is 1. The number of carboxylic acids is 1. The summed E-state index contributed by atoms with van der Waals surface area (Å²) in [5, 5.41) is 67.0. The van der Waals surface area contributed by atoms with Crippen molar-refractivity contribution in [3.63, 3.8) is 0 Å². The van der Waals surface area contributed by atoms with Gasteiger partial charge in [0.2, 0.25) is 5.91 Å². The van der Waals surface area contributed by atoms with Gasteiger partial charge < -0.3 is 61.4 Å². The second-order valence-corrected chi connectivity index (χ2v) is 11.1. The molecule has 11 N–H and O–H groups in total. The minimum Gasteiger partial charge on any atom is -0.477 e. The van der Waals surface area contributed by atoms with Gasteiger partial charge in [0, 0.05) is 26.1 Å². The highest BCUT2D eigenvalue weighted by atomic mass is 31.2. The summed E-state index contributed by atoms with van der Waals surface area (Å²) in [4.78, 5) is 49.9. The van der Waals surface area contributed by atoms with Crippen molar-refractivity contribution >= 4 is 25.5 Å². The Morgan fingerprint density at radius 2 is 1.98 bits per heavy atom. The fourth-order valence-corrected chi connectivity index (χ4v) is 5.49. The lowest BCUT2D eigenvalue weighted by atomic mass is 9.88. The molecule has 20 nitrogen and oxygen atoms in total. The average Bonchev–Trinajstić information content (AvgIpc) is 3.16. The van der Waals surface area contributed by atoms with Crippen LogP contribution in [0.4, 0.5) is 5.82 Å². The Balaban J connectivity index is 1.79. The van der Waals surface area contributed by atoms with Gasteiger partial charge in [0.25, 0.3) is 5.79 Å². The van der Waals surface area contributed by atoms with E-state index in [4.69, 9.17) is 24.3 Å². The number of aromatic nitrogens is 2. The van der Waals surface area contributed by atoms with Crippen molar-refractivity contribution in [2.75, 3.05) is 25.9 Å². The molecule has 1 aromatic heterocycles. The highest BCUT2D eigenvalue weighted by molar-refractivity contribution is 7.47. The number of phosphoric acid groups is 1. The molecule has 3 rings (SSSR count). The first-order chi connectivity index (χ1) is 19.5. The first-order valence-electron chi connectivity index (χ1n) is 12.4. The molecule has 11 unspecified atom stereocenters. The Morgan fingerprint density at radius 3 is 2.55 bits per heavy atom. The predicted octanol–water partition coefficient (Wildman–Crippen LogP) is -5.05. The second-order valence-electron chi connectivity index (χ2n) is 9.70. The van der Waals surface area contributed by atoms with Crippen LogP contribution >= 0.6 is 7.82 Å². The number of carbonyl (C=O) groups is 2. The van der Waals surface area contributed by atoms with Crippen molar-refractivity contribution in [1.82, 2.24) is 20.2 Å². The number of rotatable bonds is 12. The number of hydrogen-bond acceptors (Lipinski definition) is 16. The number of aliphatic hydroxyl groups is 5. The highest BCUT2D eigenvalue weighted by Gasteiger charge is 2.59. The second kappa shape index (κ2) is 13.4. The third kappa shape index (κ3) is 7.48. The lowest BCUT2D eigenvalue weighted by molar-refractivity contribution is -0.288. The van der Waals surface area contributed by atoms with Gasteiger partial charge in [0.15, 0.2) is 6.23 Å². The fraction of sp³-hybridized carbons (Fsp3) is 0.714. The molecule has 21 heteroatoms. The Kier molecular flexibility index (Phi) is 10.8. The topological polar surface area (TPSA) is 315 Å². The molecular weight excluding hydrogens is 593 g/mol. The van der Waals surface area contributed by atoms with E-state index in [1.807, 2.05) is 0 Å². The fourth-order valence-electron chi connectivity index (χ4n) is 4.54. The van der Waals surface area contributed by atoms with Crippen LogP contribution in [0.25, 0.3) is 0 Å². The van der Waals surface area contributed by atoms with E-state index >= 15 is 0 Å².